The molecule has 3 unspecified atom stereocenters. The number of nitrogens with two attached hydrogens (primary N) is 1. The molecule has 1 fully saturated rings. The number of hydrogen-bond donors (Lipinski definition) is 1. The first-order valence-corrected chi connectivity index (χ1v) is 9.48. The standard InChI is InChI=1S/C19H27BrN2O/c20-17-6-8-18(9-7-17)23-14-16-13-22(11-10-19(16)21)12-15-4-2-1-3-5-15/h1-6,16,18-19H,7-14,21H2. The summed E-state index contributed by atoms with van der Waals surface area (Å²) in [5.41, 5.74) is 7.73. The second kappa shape index (κ2) is 8.43. The third-order valence-corrected chi connectivity index (χ3v) is 5.70. The highest BCUT2D eigenvalue weighted by molar-refractivity contribution is 9.11. The van der Waals surface area contributed by atoms with E-state index in [9.17, 15) is 0 Å². The molecule has 0 aromatic heterocycles. The molecule has 2 aliphatic rings. The zero-order chi connectivity index (χ0) is 16.1. The molecule has 1 heterocycles. The Labute approximate surface area is 148 Å². The van der Waals surface area contributed by atoms with Crippen molar-refractivity contribution in [3.05, 3.63) is 46.5 Å². The zero-order valence-corrected chi connectivity index (χ0v) is 15.2. The van der Waals surface area contributed by atoms with E-state index < -0.39 is 0 Å². The maximum atomic E-state index is 6.35. The summed E-state index contributed by atoms with van der Waals surface area (Å²) in [6.45, 7) is 3.94. The van der Waals surface area contributed by atoms with Gasteiger partial charge < -0.3 is 10.5 Å². The molecule has 0 saturated carbocycles. The number of allylic oxidation sites excluding steroid dienone is 1. The Morgan fingerprint density at radius 2 is 2.04 bits per heavy atom. The van der Waals surface area contributed by atoms with Crippen molar-refractivity contribution in [1.82, 2.24) is 4.90 Å². The van der Waals surface area contributed by atoms with Gasteiger partial charge in [-0.2, -0.15) is 0 Å². The number of hydrogen-bond acceptors (Lipinski definition) is 3. The van der Waals surface area contributed by atoms with E-state index in [2.05, 4.69) is 57.2 Å². The zero-order valence-electron chi connectivity index (χ0n) is 13.7. The Balaban J connectivity index is 1.48. The van der Waals surface area contributed by atoms with Crippen LogP contribution in [0, 0.1) is 5.92 Å². The third kappa shape index (κ3) is 5.15. The van der Waals surface area contributed by atoms with Gasteiger partial charge in [-0.1, -0.05) is 52.3 Å². The van der Waals surface area contributed by atoms with Crippen LogP contribution < -0.4 is 5.73 Å². The highest BCUT2D eigenvalue weighted by atomic mass is 79.9. The first-order chi connectivity index (χ1) is 11.2. The van der Waals surface area contributed by atoms with E-state index in [1.54, 1.807) is 0 Å². The van der Waals surface area contributed by atoms with E-state index in [-0.39, 0.29) is 6.04 Å². The van der Waals surface area contributed by atoms with Crippen LogP contribution in [-0.2, 0) is 11.3 Å². The Hall–Kier alpha value is -0.680. The lowest BCUT2D eigenvalue weighted by Gasteiger charge is -2.37. The first kappa shape index (κ1) is 17.2. The van der Waals surface area contributed by atoms with Crippen LogP contribution in [-0.4, -0.2) is 36.7 Å². The fourth-order valence-corrected chi connectivity index (χ4v) is 3.89. The molecule has 3 nitrogen and oxygen atoms in total. The highest BCUT2D eigenvalue weighted by Gasteiger charge is 2.28. The van der Waals surface area contributed by atoms with Gasteiger partial charge in [0, 0.05) is 25.0 Å². The van der Waals surface area contributed by atoms with Gasteiger partial charge in [0.25, 0.3) is 0 Å². The number of benzene rings is 1. The lowest BCUT2D eigenvalue weighted by molar-refractivity contribution is -0.00203. The summed E-state index contributed by atoms with van der Waals surface area (Å²) in [4.78, 5) is 2.52. The quantitative estimate of drug-likeness (QED) is 0.848. The molecule has 0 amide bonds. The summed E-state index contributed by atoms with van der Waals surface area (Å²) in [7, 11) is 0. The largest absolute Gasteiger partial charge is 0.377 e. The first-order valence-electron chi connectivity index (χ1n) is 8.68. The van der Waals surface area contributed by atoms with Crippen molar-refractivity contribution in [3.8, 4) is 0 Å². The molecule has 4 heteroatoms. The molecule has 3 rings (SSSR count). The van der Waals surface area contributed by atoms with Gasteiger partial charge >= 0.3 is 0 Å². The topological polar surface area (TPSA) is 38.5 Å². The minimum atomic E-state index is 0.271. The average molecular weight is 379 g/mol. The van der Waals surface area contributed by atoms with Crippen LogP contribution in [0.25, 0.3) is 0 Å². The van der Waals surface area contributed by atoms with Crippen molar-refractivity contribution < 1.29 is 4.74 Å². The number of nitrogens with zero attached hydrogens (tertiary/aromatic N) is 1. The lowest BCUT2D eigenvalue weighted by Crippen LogP contribution is -2.48. The van der Waals surface area contributed by atoms with Crippen molar-refractivity contribution in [2.75, 3.05) is 19.7 Å². The average Bonchev–Trinajstić information content (AvgIpc) is 2.58. The summed E-state index contributed by atoms with van der Waals surface area (Å²) in [5.74, 6) is 0.446. The molecular weight excluding hydrogens is 352 g/mol. The number of piperidine rings is 1. The van der Waals surface area contributed by atoms with Gasteiger partial charge in [-0.25, -0.2) is 0 Å². The van der Waals surface area contributed by atoms with E-state index in [1.807, 2.05) is 0 Å². The predicted octanol–water partition coefficient (Wildman–Crippen LogP) is 3.68. The maximum absolute atomic E-state index is 6.35. The summed E-state index contributed by atoms with van der Waals surface area (Å²) in [6.07, 6.45) is 6.92. The van der Waals surface area contributed by atoms with Gasteiger partial charge in [0.15, 0.2) is 0 Å². The van der Waals surface area contributed by atoms with Crippen molar-refractivity contribution in [3.63, 3.8) is 0 Å². The minimum absolute atomic E-state index is 0.271. The van der Waals surface area contributed by atoms with E-state index in [1.165, 1.54) is 10.0 Å². The second-order valence-electron chi connectivity index (χ2n) is 6.81. The summed E-state index contributed by atoms with van der Waals surface area (Å²) in [6, 6.07) is 11.0. The van der Waals surface area contributed by atoms with Gasteiger partial charge in [-0.05, 0) is 42.3 Å². The molecule has 2 N–H and O–H groups in total. The van der Waals surface area contributed by atoms with Crippen molar-refractivity contribution in [2.45, 2.75) is 44.4 Å². The Morgan fingerprint density at radius 3 is 2.78 bits per heavy atom. The van der Waals surface area contributed by atoms with Crippen LogP contribution in [0.2, 0.25) is 0 Å². The van der Waals surface area contributed by atoms with Gasteiger partial charge in [0.05, 0.1) is 12.7 Å². The van der Waals surface area contributed by atoms with Gasteiger partial charge in [0.2, 0.25) is 0 Å². The summed E-state index contributed by atoms with van der Waals surface area (Å²) < 4.78 is 7.49. The highest BCUT2D eigenvalue weighted by Crippen LogP contribution is 2.26. The molecule has 1 aromatic carbocycles. The molecule has 23 heavy (non-hydrogen) atoms. The number of ether oxygens (including phenoxy) is 1. The van der Waals surface area contributed by atoms with Gasteiger partial charge in [-0.15, -0.1) is 0 Å². The van der Waals surface area contributed by atoms with E-state index in [0.29, 0.717) is 12.0 Å². The molecule has 1 aliphatic heterocycles. The minimum Gasteiger partial charge on any atom is -0.377 e. The smallest absolute Gasteiger partial charge is 0.0613 e. The van der Waals surface area contributed by atoms with Gasteiger partial charge in [0.1, 0.15) is 0 Å². The molecular formula is C19H27BrN2O. The molecule has 0 spiro atoms. The number of rotatable bonds is 5. The molecule has 126 valence electrons. The van der Waals surface area contributed by atoms with Crippen molar-refractivity contribution in [2.24, 2.45) is 11.7 Å². The van der Waals surface area contributed by atoms with Crippen LogP contribution in [0.5, 0.6) is 0 Å². The number of likely N-dealkylation sites (tertiary alicyclic amines) is 1. The molecule has 0 radical (unpaired) electrons. The monoisotopic (exact) mass is 378 g/mol. The van der Waals surface area contributed by atoms with Crippen LogP contribution in [0.3, 0.4) is 0 Å². The fourth-order valence-electron chi connectivity index (χ4n) is 3.48. The maximum Gasteiger partial charge on any atom is 0.0613 e. The third-order valence-electron chi connectivity index (χ3n) is 4.98. The fraction of sp³-hybridized carbons (Fsp3) is 0.579. The van der Waals surface area contributed by atoms with Crippen LogP contribution in [0.4, 0.5) is 0 Å². The van der Waals surface area contributed by atoms with Gasteiger partial charge in [-0.3, -0.25) is 4.90 Å². The lowest BCUT2D eigenvalue weighted by atomic mass is 9.93. The molecule has 0 bridgehead atoms. The molecule has 1 aromatic rings. The normalized spacial score (nSPS) is 29.3. The van der Waals surface area contributed by atoms with E-state index in [4.69, 9.17) is 10.5 Å². The van der Waals surface area contributed by atoms with Crippen LogP contribution in [0.1, 0.15) is 31.2 Å². The second-order valence-corrected chi connectivity index (χ2v) is 7.83. The van der Waals surface area contributed by atoms with E-state index >= 15 is 0 Å². The molecule has 1 saturated heterocycles. The Morgan fingerprint density at radius 1 is 1.22 bits per heavy atom. The Kier molecular flexibility index (Phi) is 6.29. The van der Waals surface area contributed by atoms with Crippen molar-refractivity contribution in [1.29, 1.82) is 0 Å². The van der Waals surface area contributed by atoms with Crippen molar-refractivity contribution >= 4 is 15.9 Å². The molecule has 3 atom stereocenters. The summed E-state index contributed by atoms with van der Waals surface area (Å²) >= 11 is 3.57. The summed E-state index contributed by atoms with van der Waals surface area (Å²) in [5, 5.41) is 0. The molecule has 1 aliphatic carbocycles. The Bertz CT molecular complexity index is 519. The van der Waals surface area contributed by atoms with Crippen LogP contribution in [0.15, 0.2) is 40.9 Å². The van der Waals surface area contributed by atoms with E-state index in [0.717, 1.165) is 51.9 Å². The van der Waals surface area contributed by atoms with Crippen LogP contribution >= 0.6 is 15.9 Å². The predicted molar refractivity (Wildman–Crippen MR) is 98.4 cm³/mol. The SMILES string of the molecule is NC1CCN(Cc2ccccc2)CC1COC1CC=C(Br)CC1. The number of halogens is 1.